The second kappa shape index (κ2) is 15.0. The maximum absolute atomic E-state index is 13.4. The normalized spacial score (nSPS) is 21.5. The molecule has 0 saturated heterocycles. The summed E-state index contributed by atoms with van der Waals surface area (Å²) in [5.74, 6) is -1.56. The number of nitrogens with one attached hydrogen (secondary N) is 3. The second-order valence-corrected chi connectivity index (χ2v) is 10.8. The van der Waals surface area contributed by atoms with Crippen molar-refractivity contribution >= 4 is 23.9 Å². The molecule has 41 heavy (non-hydrogen) atoms. The van der Waals surface area contributed by atoms with E-state index in [0.717, 1.165) is 24.0 Å². The highest BCUT2D eigenvalue weighted by Gasteiger charge is 2.39. The number of hydrogen-bond acceptors (Lipinski definition) is 6. The molecule has 0 aromatic heterocycles. The van der Waals surface area contributed by atoms with Gasteiger partial charge in [-0.05, 0) is 43.2 Å². The number of amides is 3. The first-order valence-electron chi connectivity index (χ1n) is 14.3. The Hall–Kier alpha value is -4.14. The number of carbonyl (C=O) groups excluding carboxylic acids is 4. The van der Waals surface area contributed by atoms with Crippen molar-refractivity contribution in [1.29, 1.82) is 0 Å². The number of carbonyl (C=O) groups is 4. The zero-order valence-electron chi connectivity index (χ0n) is 23.3. The summed E-state index contributed by atoms with van der Waals surface area (Å²) in [7, 11) is 0. The Morgan fingerprint density at radius 2 is 1.59 bits per heavy atom. The third kappa shape index (κ3) is 9.48. The molecule has 4 rings (SSSR count). The molecule has 2 aromatic carbocycles. The van der Waals surface area contributed by atoms with Crippen LogP contribution in [-0.4, -0.2) is 48.6 Å². The fourth-order valence-corrected chi connectivity index (χ4v) is 5.21. The highest BCUT2D eigenvalue weighted by Crippen LogP contribution is 2.31. The lowest BCUT2D eigenvalue weighted by Gasteiger charge is -2.32. The maximum atomic E-state index is 13.4. The highest BCUT2D eigenvalue weighted by molar-refractivity contribution is 5.86. The molecular weight excluding hydrogens is 522 g/mol. The van der Waals surface area contributed by atoms with Crippen molar-refractivity contribution in [2.75, 3.05) is 13.2 Å². The van der Waals surface area contributed by atoms with Crippen LogP contribution in [0.15, 0.2) is 72.8 Å². The summed E-state index contributed by atoms with van der Waals surface area (Å²) < 4.78 is 10.9. The minimum absolute atomic E-state index is 0.00846. The van der Waals surface area contributed by atoms with Crippen LogP contribution in [-0.2, 0) is 36.9 Å². The van der Waals surface area contributed by atoms with Gasteiger partial charge in [0.05, 0.1) is 11.5 Å². The van der Waals surface area contributed by atoms with Crippen LogP contribution in [0.1, 0.15) is 56.1 Å². The minimum atomic E-state index is -0.942. The minimum Gasteiger partial charge on any atom is -0.462 e. The molecule has 1 spiro atoms. The van der Waals surface area contributed by atoms with E-state index in [9.17, 15) is 19.2 Å². The predicted octanol–water partition coefficient (Wildman–Crippen LogP) is 3.97. The lowest BCUT2D eigenvalue weighted by Crippen LogP contribution is -2.53. The van der Waals surface area contributed by atoms with E-state index in [0.29, 0.717) is 32.2 Å². The SMILES string of the molecule is O=C(C[C@H]1C/C=C\C[C@@H](NC(=O)OCc2ccccc2)C(=O)OCC2(CCCC2)NC1=O)NCCc1ccccc1. The third-order valence-corrected chi connectivity index (χ3v) is 7.57. The molecule has 2 aliphatic rings. The van der Waals surface area contributed by atoms with Gasteiger partial charge >= 0.3 is 12.1 Å². The van der Waals surface area contributed by atoms with Crippen molar-refractivity contribution in [3.05, 3.63) is 83.9 Å². The first kappa shape index (κ1) is 29.8. The fourth-order valence-electron chi connectivity index (χ4n) is 5.21. The Balaban J connectivity index is 1.38. The summed E-state index contributed by atoms with van der Waals surface area (Å²) in [6.45, 7) is 0.573. The molecule has 2 atom stereocenters. The van der Waals surface area contributed by atoms with Gasteiger partial charge in [0.15, 0.2) is 0 Å². The molecule has 9 heteroatoms. The fraction of sp³-hybridized carbons (Fsp3) is 0.438. The van der Waals surface area contributed by atoms with E-state index in [4.69, 9.17) is 9.47 Å². The van der Waals surface area contributed by atoms with Crippen LogP contribution < -0.4 is 16.0 Å². The number of alkyl carbamates (subject to hydrolysis) is 1. The largest absolute Gasteiger partial charge is 0.462 e. The van der Waals surface area contributed by atoms with Crippen molar-refractivity contribution < 1.29 is 28.7 Å². The summed E-state index contributed by atoms with van der Waals surface area (Å²) in [6, 6.07) is 18.2. The van der Waals surface area contributed by atoms with E-state index in [1.807, 2.05) is 60.7 Å². The van der Waals surface area contributed by atoms with Gasteiger partial charge in [-0.15, -0.1) is 0 Å². The van der Waals surface area contributed by atoms with E-state index < -0.39 is 29.6 Å². The standard InChI is InChI=1S/C32H39N3O6/c36-28(33-20-17-24-11-3-1-4-12-24)21-26-15-7-8-16-27(34-31(39)40-22-25-13-5-2-6-14-25)30(38)41-23-32(35-29(26)37)18-9-10-19-32/h1-8,11-14,26-27H,9-10,15-23H2,(H,33,36)(H,34,39)(H,35,37)/b8-7-/t26-,27-/m1/s1. The molecule has 1 aliphatic heterocycles. The molecule has 9 nitrogen and oxygen atoms in total. The Kier molecular flexibility index (Phi) is 10.9. The van der Waals surface area contributed by atoms with Gasteiger partial charge in [0.2, 0.25) is 11.8 Å². The van der Waals surface area contributed by atoms with Crippen LogP contribution in [0.25, 0.3) is 0 Å². The van der Waals surface area contributed by atoms with Gasteiger partial charge in [0.25, 0.3) is 0 Å². The van der Waals surface area contributed by atoms with Gasteiger partial charge in [-0.25, -0.2) is 9.59 Å². The molecule has 0 bridgehead atoms. The molecule has 2 aromatic rings. The average Bonchev–Trinajstić information content (AvgIpc) is 3.44. The van der Waals surface area contributed by atoms with Crippen molar-refractivity contribution in [2.24, 2.45) is 5.92 Å². The summed E-state index contributed by atoms with van der Waals surface area (Å²) >= 11 is 0. The second-order valence-electron chi connectivity index (χ2n) is 10.8. The van der Waals surface area contributed by atoms with Crippen LogP contribution in [0.2, 0.25) is 0 Å². The molecule has 3 amide bonds. The molecule has 1 aliphatic carbocycles. The van der Waals surface area contributed by atoms with Crippen molar-refractivity contribution in [1.82, 2.24) is 16.0 Å². The number of hydrogen-bond donors (Lipinski definition) is 3. The molecule has 0 unspecified atom stereocenters. The molecule has 218 valence electrons. The summed E-state index contributed by atoms with van der Waals surface area (Å²) in [4.78, 5) is 51.6. The van der Waals surface area contributed by atoms with Crippen molar-refractivity contribution in [3.8, 4) is 0 Å². The Morgan fingerprint density at radius 3 is 2.29 bits per heavy atom. The van der Waals surface area contributed by atoms with Crippen LogP contribution in [0, 0.1) is 5.92 Å². The monoisotopic (exact) mass is 561 g/mol. The molecule has 0 radical (unpaired) electrons. The van der Waals surface area contributed by atoms with Crippen molar-refractivity contribution in [2.45, 2.75) is 69.6 Å². The lowest BCUT2D eigenvalue weighted by atomic mass is 9.93. The van der Waals surface area contributed by atoms with Gasteiger partial charge in [-0.2, -0.15) is 0 Å². The molecule has 1 fully saturated rings. The topological polar surface area (TPSA) is 123 Å². The smallest absolute Gasteiger partial charge is 0.408 e. The lowest BCUT2D eigenvalue weighted by molar-refractivity contribution is -0.149. The summed E-state index contributed by atoms with van der Waals surface area (Å²) in [6.07, 6.45) is 7.19. The van der Waals surface area contributed by atoms with Gasteiger partial charge in [-0.1, -0.05) is 85.7 Å². The van der Waals surface area contributed by atoms with Crippen LogP contribution in [0.4, 0.5) is 4.79 Å². The van der Waals surface area contributed by atoms with E-state index >= 15 is 0 Å². The van der Waals surface area contributed by atoms with E-state index in [2.05, 4.69) is 16.0 Å². The number of esters is 1. The van der Waals surface area contributed by atoms with Crippen LogP contribution in [0.5, 0.6) is 0 Å². The van der Waals surface area contributed by atoms with Gasteiger partial charge in [0.1, 0.15) is 19.3 Å². The van der Waals surface area contributed by atoms with Gasteiger partial charge in [0, 0.05) is 13.0 Å². The van der Waals surface area contributed by atoms with E-state index in [-0.39, 0.29) is 37.9 Å². The highest BCUT2D eigenvalue weighted by atomic mass is 16.6. The van der Waals surface area contributed by atoms with Crippen LogP contribution >= 0.6 is 0 Å². The maximum Gasteiger partial charge on any atom is 0.408 e. The molecule has 3 N–H and O–H groups in total. The number of ether oxygens (including phenoxy) is 2. The first-order valence-corrected chi connectivity index (χ1v) is 14.3. The van der Waals surface area contributed by atoms with Gasteiger partial charge < -0.3 is 25.4 Å². The van der Waals surface area contributed by atoms with E-state index in [1.54, 1.807) is 12.2 Å². The predicted molar refractivity (Wildman–Crippen MR) is 153 cm³/mol. The summed E-state index contributed by atoms with van der Waals surface area (Å²) in [5, 5.41) is 8.67. The first-order chi connectivity index (χ1) is 19.9. The Bertz CT molecular complexity index is 1190. The molecular formula is C32H39N3O6. The number of benzene rings is 2. The number of rotatable bonds is 8. The quantitative estimate of drug-likeness (QED) is 0.331. The average molecular weight is 562 g/mol. The van der Waals surface area contributed by atoms with Gasteiger partial charge in [-0.3, -0.25) is 9.59 Å². The molecule has 1 saturated carbocycles. The van der Waals surface area contributed by atoms with E-state index in [1.165, 1.54) is 0 Å². The number of allylic oxidation sites excluding steroid dienone is 1. The third-order valence-electron chi connectivity index (χ3n) is 7.57. The number of cyclic esters (lactones) is 1. The Morgan fingerprint density at radius 1 is 0.927 bits per heavy atom. The van der Waals surface area contributed by atoms with Crippen molar-refractivity contribution in [3.63, 3.8) is 0 Å². The zero-order chi connectivity index (χ0) is 28.9. The van der Waals surface area contributed by atoms with Crippen LogP contribution in [0.3, 0.4) is 0 Å². The summed E-state index contributed by atoms with van der Waals surface area (Å²) in [5.41, 5.74) is 1.28. The zero-order valence-corrected chi connectivity index (χ0v) is 23.3. The molecule has 1 heterocycles. The Labute approximate surface area is 241 Å².